The molecule has 2 saturated heterocycles. The van der Waals surface area contributed by atoms with E-state index in [1.807, 2.05) is 146 Å². The van der Waals surface area contributed by atoms with Gasteiger partial charge in [-0.1, -0.05) is 175 Å². The number of amides is 4. The van der Waals surface area contributed by atoms with Gasteiger partial charge in [0.2, 0.25) is 0 Å². The molecule has 2 fully saturated rings. The number of ether oxygens (including phenoxy) is 6. The van der Waals surface area contributed by atoms with Gasteiger partial charge in [-0.3, -0.25) is 19.6 Å². The lowest BCUT2D eigenvalue weighted by molar-refractivity contribution is -0.161. The van der Waals surface area contributed by atoms with E-state index in [0.29, 0.717) is 44.8 Å². The van der Waals surface area contributed by atoms with Crippen LogP contribution in [0.5, 0.6) is 0 Å². The number of likely N-dealkylation sites (tertiary alicyclic amines) is 2. The molecule has 0 radical (unpaired) electrons. The van der Waals surface area contributed by atoms with Gasteiger partial charge in [0.15, 0.2) is 29.0 Å². The molecule has 6 aromatic rings. The topological polar surface area (TPSA) is 189 Å². The number of fused-ring (bicyclic) bond motifs is 6. The van der Waals surface area contributed by atoms with Crippen molar-refractivity contribution in [3.63, 3.8) is 0 Å². The van der Waals surface area contributed by atoms with Crippen molar-refractivity contribution >= 4 is 64.3 Å². The number of hydrogen-bond donors (Lipinski definition) is 0. The third-order valence-electron chi connectivity index (χ3n) is 18.8. The van der Waals surface area contributed by atoms with Gasteiger partial charge in [0.25, 0.3) is 0 Å². The van der Waals surface area contributed by atoms with E-state index >= 15 is 28.8 Å². The number of benzene rings is 6. The van der Waals surface area contributed by atoms with Crippen molar-refractivity contribution in [2.45, 2.75) is 205 Å². The van der Waals surface area contributed by atoms with Gasteiger partial charge in [0.05, 0.1) is 11.4 Å². The van der Waals surface area contributed by atoms with Crippen molar-refractivity contribution in [2.24, 2.45) is 0 Å². The fourth-order valence-corrected chi connectivity index (χ4v) is 15.4. The van der Waals surface area contributed by atoms with Crippen LogP contribution < -0.4 is 9.80 Å². The Kier molecular flexibility index (Phi) is 18.8. The molecule has 4 aliphatic heterocycles. The Bertz CT molecular complexity index is 3540. The van der Waals surface area contributed by atoms with Crippen molar-refractivity contribution < 1.29 is 66.0 Å². The summed E-state index contributed by atoms with van der Waals surface area (Å²) in [5, 5.41) is -0.922. The van der Waals surface area contributed by atoms with Gasteiger partial charge in [-0.2, -0.15) is 0 Å². The van der Waals surface area contributed by atoms with Gasteiger partial charge < -0.3 is 37.3 Å². The van der Waals surface area contributed by atoms with Crippen molar-refractivity contribution in [3.05, 3.63) is 191 Å². The smallest absolute Gasteiger partial charge is 0.416 e. The minimum Gasteiger partial charge on any atom is -0.458 e. The van der Waals surface area contributed by atoms with Crippen LogP contribution in [0.2, 0.25) is 36.3 Å². The van der Waals surface area contributed by atoms with Crippen LogP contribution in [0.1, 0.15) is 129 Å². The van der Waals surface area contributed by atoms with Crippen LogP contribution in [0, 0.1) is 0 Å². The van der Waals surface area contributed by atoms with Gasteiger partial charge in [0.1, 0.15) is 60.9 Å². The first kappa shape index (κ1) is 68.6. The molecule has 4 heterocycles. The van der Waals surface area contributed by atoms with Crippen LogP contribution >= 0.6 is 0 Å². The van der Waals surface area contributed by atoms with Crippen LogP contribution in [0.15, 0.2) is 158 Å². The first-order chi connectivity index (χ1) is 44.0. The molecule has 4 aliphatic rings. The molecular weight excluding hydrogens is 1220 g/mol. The number of anilines is 2. The number of carbonyl (C=O) groups excluding carboxylic acids is 6. The molecule has 18 nitrogen and oxygen atoms in total. The lowest BCUT2D eigenvalue weighted by atomic mass is 9.86. The number of carbonyl (C=O) groups is 6. The van der Waals surface area contributed by atoms with E-state index in [9.17, 15) is 0 Å². The average Bonchev–Trinajstić information content (AvgIpc) is 1.53. The molecule has 0 aromatic heterocycles. The minimum atomic E-state index is -3.06. The van der Waals surface area contributed by atoms with E-state index in [-0.39, 0.29) is 39.3 Å². The second-order valence-electron chi connectivity index (χ2n) is 29.9. The second kappa shape index (κ2) is 25.8. The molecule has 6 atom stereocenters. The molecule has 498 valence electrons. The summed E-state index contributed by atoms with van der Waals surface area (Å²) in [5.41, 5.74) is 0.433. The van der Waals surface area contributed by atoms with Crippen molar-refractivity contribution in [1.29, 1.82) is 0 Å². The highest BCUT2D eigenvalue weighted by atomic mass is 28.4. The fourth-order valence-electron chi connectivity index (χ4n) is 12.4. The highest BCUT2D eigenvalue weighted by molar-refractivity contribution is 6.74. The average molecular weight is 1320 g/mol. The normalized spacial score (nSPS) is 21.0. The Hall–Kier alpha value is -8.31. The predicted molar refractivity (Wildman–Crippen MR) is 363 cm³/mol. The zero-order chi connectivity index (χ0) is 68.1. The lowest BCUT2D eigenvalue weighted by Crippen LogP contribution is -2.59. The Balaban J connectivity index is 1.20. The maximum absolute atomic E-state index is 15.5. The predicted octanol–water partition coefficient (Wildman–Crippen LogP) is 16.3. The number of nitrogens with zero attached hydrogens (tertiary/aromatic N) is 4. The molecule has 6 aromatic carbocycles. The summed E-state index contributed by atoms with van der Waals surface area (Å²) in [6, 6.07) is 45.3. The monoisotopic (exact) mass is 1310 g/mol. The highest BCUT2D eigenvalue weighted by Gasteiger charge is 2.71. The summed E-state index contributed by atoms with van der Waals surface area (Å²) in [4.78, 5) is 97.3. The summed E-state index contributed by atoms with van der Waals surface area (Å²) in [7, 11) is -6.12. The van der Waals surface area contributed by atoms with Crippen molar-refractivity contribution in [3.8, 4) is 11.1 Å². The zero-order valence-corrected chi connectivity index (χ0v) is 59.1. The minimum absolute atomic E-state index is 0.122. The van der Waals surface area contributed by atoms with Gasteiger partial charge in [-0.15, -0.1) is 0 Å². The number of esters is 2. The molecular formula is C74H90N4O14Si2. The van der Waals surface area contributed by atoms with E-state index in [1.54, 1.807) is 53.7 Å². The molecule has 94 heavy (non-hydrogen) atoms. The largest absolute Gasteiger partial charge is 0.458 e. The SMILES string of the molecule is CC(C)(C)OC(=O)[C@@H]1C[C@@]2(O[Si](C)(C)C(C)(C)C)c3cc(-c4ccc5c(c4)[C@]4(O[Si](C)(C)C(C)(C)C)C[C@@H](C(=O)OC(C)(C)C)N(C(=O)OCc6ccccc6)[C@@H]4N5C(=O)OCc4ccccc4)ccc3N(C(=O)OCc3ccccc3)[C@H]2N1C(=O)OCc1ccccc1. The standard InChI is InChI=1S/C74H90N4O14Si2/c1-69(2,3)89-61(79)59-43-73(91-93(13,14)71(7,8)9)55-41-53(37-39-57(55)75(65(81)85-45-49-29-21-17-22-30-49)63(73)77(59)67(83)87-47-51-33-25-19-26-34-51)54-38-40-58-56(42-54)74(92-94(15,16)72(10,11)12)44-60(62(80)90-70(4,5)6)78(68(84)88-48-52-35-27-20-28-36-52)64(74)76(58)66(82)86-46-50-31-23-18-24-32-50/h17-42,59-60,63-64H,43-48H2,1-16H3/t59-,60-,63-,64-,73+,74+/m0/s1. The van der Waals surface area contributed by atoms with E-state index in [0.717, 1.165) is 11.1 Å². The Morgan fingerprint density at radius 2 is 0.681 bits per heavy atom. The molecule has 10 rings (SSSR count). The first-order valence-corrected chi connectivity index (χ1v) is 38.0. The van der Waals surface area contributed by atoms with E-state index in [2.05, 4.69) is 67.7 Å². The molecule has 0 unspecified atom stereocenters. The molecule has 0 bridgehead atoms. The summed E-state index contributed by atoms with van der Waals surface area (Å²) < 4.78 is 52.9. The van der Waals surface area contributed by atoms with Gasteiger partial charge in [-0.25, -0.2) is 28.8 Å². The maximum atomic E-state index is 15.5. The van der Waals surface area contributed by atoms with Gasteiger partial charge in [0, 0.05) is 24.0 Å². The van der Waals surface area contributed by atoms with E-state index < -0.39 is 110 Å². The van der Waals surface area contributed by atoms with E-state index in [4.69, 9.17) is 37.3 Å². The maximum Gasteiger partial charge on any atom is 0.416 e. The highest BCUT2D eigenvalue weighted by Crippen LogP contribution is 2.62. The third-order valence-corrected chi connectivity index (χ3v) is 27.7. The molecule has 0 saturated carbocycles. The van der Waals surface area contributed by atoms with Gasteiger partial charge >= 0.3 is 36.3 Å². The van der Waals surface area contributed by atoms with Crippen molar-refractivity contribution in [2.75, 3.05) is 9.80 Å². The lowest BCUT2D eigenvalue weighted by Gasteiger charge is -2.45. The molecule has 20 heteroatoms. The van der Waals surface area contributed by atoms with Crippen molar-refractivity contribution in [1.82, 2.24) is 9.80 Å². The first-order valence-electron chi connectivity index (χ1n) is 32.2. The number of hydrogen-bond acceptors (Lipinski definition) is 14. The molecule has 0 spiro atoms. The van der Waals surface area contributed by atoms with Crippen LogP contribution in [-0.4, -0.2) is 98.4 Å². The van der Waals surface area contributed by atoms with Crippen LogP contribution in [-0.2, 0) is 84.5 Å². The Labute approximate surface area is 554 Å². The quantitative estimate of drug-likeness (QED) is 0.0536. The summed E-state index contributed by atoms with van der Waals surface area (Å²) in [6.07, 6.45) is -6.44. The summed E-state index contributed by atoms with van der Waals surface area (Å²) >= 11 is 0. The third kappa shape index (κ3) is 13.8. The summed E-state index contributed by atoms with van der Waals surface area (Å²) in [6.45, 7) is 30.9. The van der Waals surface area contributed by atoms with Gasteiger partial charge in [-0.05, 0) is 135 Å². The zero-order valence-electron chi connectivity index (χ0n) is 57.1. The number of rotatable bonds is 15. The molecule has 0 aliphatic carbocycles. The van der Waals surface area contributed by atoms with Crippen LogP contribution in [0.3, 0.4) is 0 Å². The Morgan fingerprint density at radius 1 is 0.404 bits per heavy atom. The molecule has 4 amide bonds. The fraction of sp³-hybridized carbons (Fsp3) is 0.432. The Morgan fingerprint density at radius 3 is 0.947 bits per heavy atom. The van der Waals surface area contributed by atoms with E-state index in [1.165, 1.54) is 19.6 Å². The second-order valence-corrected chi connectivity index (χ2v) is 39.4. The van der Waals surface area contributed by atoms with Crippen LogP contribution in [0.4, 0.5) is 30.6 Å². The molecule has 0 N–H and O–H groups in total. The summed E-state index contributed by atoms with van der Waals surface area (Å²) in [5.74, 6) is -1.45. The van der Waals surface area contributed by atoms with Crippen LogP contribution in [0.25, 0.3) is 11.1 Å².